The van der Waals surface area contributed by atoms with Gasteiger partial charge >= 0.3 is 0 Å². The van der Waals surface area contributed by atoms with Crippen LogP contribution in [0.5, 0.6) is 0 Å². The van der Waals surface area contributed by atoms with Crippen molar-refractivity contribution in [1.82, 2.24) is 24.0 Å². The molecular formula is C13H20N6O2. The van der Waals surface area contributed by atoms with Gasteiger partial charge in [0.1, 0.15) is 0 Å². The molecule has 8 heteroatoms. The van der Waals surface area contributed by atoms with Crippen molar-refractivity contribution in [1.29, 1.82) is 0 Å². The summed E-state index contributed by atoms with van der Waals surface area (Å²) in [4.78, 5) is 26.7. The number of nitrogens with zero attached hydrogens (tertiary/aromatic N) is 6. The lowest BCUT2D eigenvalue weighted by atomic mass is 10.3. The van der Waals surface area contributed by atoms with E-state index in [0.717, 1.165) is 0 Å². The summed E-state index contributed by atoms with van der Waals surface area (Å²) in [6, 6.07) is 0. The summed E-state index contributed by atoms with van der Waals surface area (Å²) in [7, 11) is 5.28. The molecule has 114 valence electrons. The summed E-state index contributed by atoms with van der Waals surface area (Å²) in [5.74, 6) is 0.300. The standard InChI is InChI=1S/C13H20N6O2/c1-5-9(20)6-19-8-14-10-11(19)16-13(15-7-17(2)3)18(4)12(10)21/h7-9,20H,5-6H2,1-4H3/t9-/m1/s1. The Labute approximate surface area is 122 Å². The third kappa shape index (κ3) is 3.10. The van der Waals surface area contributed by atoms with Gasteiger partial charge in [0.15, 0.2) is 11.2 Å². The quantitative estimate of drug-likeness (QED) is 0.625. The number of rotatable bonds is 5. The number of fused-ring (bicyclic) bond motifs is 1. The fourth-order valence-corrected chi connectivity index (χ4v) is 1.84. The molecule has 2 heterocycles. The minimum atomic E-state index is -0.498. The number of aromatic nitrogens is 4. The Bertz CT molecular complexity index is 715. The van der Waals surface area contributed by atoms with Gasteiger partial charge in [0.25, 0.3) is 5.56 Å². The Kier molecular flexibility index (Phi) is 4.37. The highest BCUT2D eigenvalue weighted by Crippen LogP contribution is 2.12. The molecule has 8 nitrogen and oxygen atoms in total. The molecule has 0 amide bonds. The maximum Gasteiger partial charge on any atom is 0.282 e. The molecule has 2 aromatic rings. The monoisotopic (exact) mass is 292 g/mol. The van der Waals surface area contributed by atoms with Crippen LogP contribution in [0.3, 0.4) is 0 Å². The van der Waals surface area contributed by atoms with Crippen LogP contribution in [0.25, 0.3) is 11.2 Å². The molecule has 0 aliphatic carbocycles. The molecule has 0 radical (unpaired) electrons. The molecule has 0 aliphatic heterocycles. The Hall–Kier alpha value is -2.22. The van der Waals surface area contributed by atoms with Gasteiger partial charge in [-0.3, -0.25) is 9.36 Å². The maximum atomic E-state index is 12.3. The fourth-order valence-electron chi connectivity index (χ4n) is 1.84. The van der Waals surface area contributed by atoms with Crippen LogP contribution in [0.15, 0.2) is 16.1 Å². The predicted octanol–water partition coefficient (Wildman–Crippen LogP) is 0.122. The number of hydrogen-bond donors (Lipinski definition) is 1. The molecule has 0 fully saturated rings. The molecule has 2 rings (SSSR count). The minimum absolute atomic E-state index is 0.254. The Morgan fingerprint density at radius 3 is 2.86 bits per heavy atom. The lowest BCUT2D eigenvalue weighted by molar-refractivity contribution is 0.151. The minimum Gasteiger partial charge on any atom is -0.391 e. The van der Waals surface area contributed by atoms with E-state index in [4.69, 9.17) is 0 Å². The zero-order chi connectivity index (χ0) is 15.6. The lowest BCUT2D eigenvalue weighted by Crippen LogP contribution is -2.20. The van der Waals surface area contributed by atoms with E-state index in [1.165, 1.54) is 10.9 Å². The summed E-state index contributed by atoms with van der Waals surface area (Å²) in [5.41, 5.74) is 0.469. The topological polar surface area (TPSA) is 88.5 Å². The van der Waals surface area contributed by atoms with Crippen molar-refractivity contribution in [3.05, 3.63) is 16.7 Å². The normalized spacial score (nSPS) is 13.2. The molecule has 1 atom stereocenters. The number of aliphatic hydroxyl groups is 1. The molecule has 1 N–H and O–H groups in total. The van der Waals surface area contributed by atoms with Crippen LogP contribution in [0, 0.1) is 0 Å². The van der Waals surface area contributed by atoms with Crippen LogP contribution in [0.2, 0.25) is 0 Å². The van der Waals surface area contributed by atoms with Gasteiger partial charge in [-0.05, 0) is 6.42 Å². The average Bonchev–Trinajstić information content (AvgIpc) is 2.84. The number of hydrogen-bond acceptors (Lipinski definition) is 5. The van der Waals surface area contributed by atoms with Gasteiger partial charge in [-0.25, -0.2) is 9.98 Å². The first-order valence-electron chi connectivity index (χ1n) is 6.74. The van der Waals surface area contributed by atoms with Crippen LogP contribution >= 0.6 is 0 Å². The maximum absolute atomic E-state index is 12.3. The largest absolute Gasteiger partial charge is 0.391 e. The van der Waals surface area contributed by atoms with Gasteiger partial charge in [0, 0.05) is 21.1 Å². The Balaban J connectivity index is 2.55. The molecule has 0 bridgehead atoms. The van der Waals surface area contributed by atoms with Crippen molar-refractivity contribution in [2.75, 3.05) is 14.1 Å². The lowest BCUT2D eigenvalue weighted by Gasteiger charge is -2.10. The summed E-state index contributed by atoms with van der Waals surface area (Å²) in [5, 5.41) is 9.76. The van der Waals surface area contributed by atoms with Crippen molar-refractivity contribution in [3.8, 4) is 0 Å². The molecular weight excluding hydrogens is 272 g/mol. The van der Waals surface area contributed by atoms with E-state index >= 15 is 0 Å². The summed E-state index contributed by atoms with van der Waals surface area (Å²) in [6.45, 7) is 2.24. The van der Waals surface area contributed by atoms with E-state index in [9.17, 15) is 9.90 Å². The van der Waals surface area contributed by atoms with Crippen LogP contribution < -0.4 is 5.56 Å². The first kappa shape index (κ1) is 15.2. The Morgan fingerprint density at radius 1 is 1.52 bits per heavy atom. The highest BCUT2D eigenvalue weighted by Gasteiger charge is 2.14. The van der Waals surface area contributed by atoms with Gasteiger partial charge in [-0.1, -0.05) is 6.92 Å². The van der Waals surface area contributed by atoms with Crippen LogP contribution in [0.1, 0.15) is 13.3 Å². The van der Waals surface area contributed by atoms with Crippen molar-refractivity contribution in [3.63, 3.8) is 0 Å². The number of aliphatic imine (C=N–C) groups is 1. The SMILES string of the molecule is CC[C@@H](O)Cn1cnc2c(=O)n(C)c(N=CN(C)C)nc21. The van der Waals surface area contributed by atoms with E-state index in [1.54, 1.807) is 22.9 Å². The van der Waals surface area contributed by atoms with E-state index in [2.05, 4.69) is 15.0 Å². The van der Waals surface area contributed by atoms with Gasteiger partial charge in [-0.15, -0.1) is 0 Å². The van der Waals surface area contributed by atoms with Crippen molar-refractivity contribution >= 4 is 23.5 Å². The van der Waals surface area contributed by atoms with E-state index in [-0.39, 0.29) is 11.1 Å². The fraction of sp³-hybridized carbons (Fsp3) is 0.538. The number of imidazole rings is 1. The van der Waals surface area contributed by atoms with Crippen molar-refractivity contribution < 1.29 is 5.11 Å². The molecule has 0 aromatic carbocycles. The van der Waals surface area contributed by atoms with Gasteiger partial charge in [0.05, 0.1) is 25.3 Å². The van der Waals surface area contributed by atoms with E-state index in [0.29, 0.717) is 24.6 Å². The summed E-state index contributed by atoms with van der Waals surface area (Å²) >= 11 is 0. The van der Waals surface area contributed by atoms with Crippen LogP contribution in [0.4, 0.5) is 5.95 Å². The van der Waals surface area contributed by atoms with Gasteiger partial charge in [-0.2, -0.15) is 4.98 Å². The average molecular weight is 292 g/mol. The Morgan fingerprint density at radius 2 is 2.24 bits per heavy atom. The highest BCUT2D eigenvalue weighted by atomic mass is 16.3. The molecule has 2 aromatic heterocycles. The molecule has 0 spiro atoms. The third-order valence-corrected chi connectivity index (χ3v) is 3.11. The molecule has 21 heavy (non-hydrogen) atoms. The zero-order valence-electron chi connectivity index (χ0n) is 12.7. The second kappa shape index (κ2) is 6.04. The molecule has 0 saturated heterocycles. The second-order valence-electron chi connectivity index (χ2n) is 5.12. The van der Waals surface area contributed by atoms with Gasteiger partial charge in [0.2, 0.25) is 5.95 Å². The van der Waals surface area contributed by atoms with Crippen LogP contribution in [-0.2, 0) is 13.6 Å². The number of aliphatic hydroxyl groups excluding tert-OH is 1. The van der Waals surface area contributed by atoms with E-state index in [1.807, 2.05) is 21.0 Å². The first-order chi connectivity index (χ1) is 9.93. The highest BCUT2D eigenvalue weighted by molar-refractivity contribution is 5.71. The molecule has 0 aliphatic rings. The van der Waals surface area contributed by atoms with Crippen molar-refractivity contribution in [2.45, 2.75) is 26.0 Å². The van der Waals surface area contributed by atoms with Crippen molar-refractivity contribution in [2.24, 2.45) is 12.0 Å². The predicted molar refractivity (Wildman–Crippen MR) is 80.9 cm³/mol. The summed E-state index contributed by atoms with van der Waals surface area (Å²) < 4.78 is 3.04. The van der Waals surface area contributed by atoms with E-state index < -0.39 is 6.10 Å². The summed E-state index contributed by atoms with van der Waals surface area (Å²) in [6.07, 6.45) is 3.23. The van der Waals surface area contributed by atoms with Crippen LogP contribution in [-0.4, -0.2) is 55.6 Å². The second-order valence-corrected chi connectivity index (χ2v) is 5.12. The smallest absolute Gasteiger partial charge is 0.282 e. The van der Waals surface area contributed by atoms with Gasteiger partial charge < -0.3 is 14.6 Å². The molecule has 0 saturated carbocycles. The first-order valence-corrected chi connectivity index (χ1v) is 6.74. The zero-order valence-corrected chi connectivity index (χ0v) is 12.7. The third-order valence-electron chi connectivity index (χ3n) is 3.11. The molecule has 0 unspecified atom stereocenters.